The number of aryl methyl sites for hydroxylation is 2. The van der Waals surface area contributed by atoms with Crippen LogP contribution in [-0.2, 0) is 19.1 Å². The third-order valence-corrected chi connectivity index (χ3v) is 7.10. The van der Waals surface area contributed by atoms with Crippen molar-refractivity contribution >= 4 is 34.4 Å². The lowest BCUT2D eigenvalue weighted by Crippen LogP contribution is -2.46. The first kappa shape index (κ1) is 29.2. The lowest BCUT2D eigenvalue weighted by atomic mass is 10.0. The average molecular weight is 478 g/mol. The van der Waals surface area contributed by atoms with Crippen molar-refractivity contribution in [2.45, 2.75) is 105 Å². The Labute approximate surface area is 205 Å². The molecular formula is C27H43NO4S. The number of anilines is 1. The van der Waals surface area contributed by atoms with Crippen LogP contribution in [0, 0.1) is 20.8 Å². The van der Waals surface area contributed by atoms with Gasteiger partial charge in [0, 0.05) is 6.42 Å². The zero-order chi connectivity index (χ0) is 24.8. The Morgan fingerprint density at radius 2 is 1.45 bits per heavy atom. The number of benzene rings is 1. The van der Waals surface area contributed by atoms with Crippen molar-refractivity contribution in [1.29, 1.82) is 0 Å². The van der Waals surface area contributed by atoms with Gasteiger partial charge in [-0.25, -0.2) is 4.79 Å². The normalized spacial score (nSPS) is 11.8. The zero-order valence-corrected chi connectivity index (χ0v) is 22.3. The number of methoxy groups -OCH3 is 1. The van der Waals surface area contributed by atoms with E-state index in [2.05, 4.69) is 6.92 Å². The van der Waals surface area contributed by atoms with Crippen molar-refractivity contribution in [3.05, 3.63) is 28.8 Å². The smallest absolute Gasteiger partial charge is 0.328 e. The molecule has 1 aromatic carbocycles. The molecule has 0 aromatic heterocycles. The molecule has 0 aliphatic heterocycles. The number of thioether (sulfide) groups is 1. The highest BCUT2D eigenvalue weighted by atomic mass is 32.2. The SMILES string of the molecule is CCCCCCCCCCCC(=O)SCC(=O)N(c1c(C)ccc(C)c1C)[C@@H](C)C(=O)OC. The number of unbranched alkanes of at least 4 members (excludes halogenated alkanes) is 8. The molecule has 1 atom stereocenters. The van der Waals surface area contributed by atoms with Gasteiger partial charge in [0.05, 0.1) is 18.6 Å². The Kier molecular flexibility index (Phi) is 14.1. The summed E-state index contributed by atoms with van der Waals surface area (Å²) in [5.41, 5.74) is 3.63. The summed E-state index contributed by atoms with van der Waals surface area (Å²) >= 11 is 1.06. The van der Waals surface area contributed by atoms with E-state index in [0.29, 0.717) is 6.42 Å². The molecule has 33 heavy (non-hydrogen) atoms. The molecule has 0 spiro atoms. The lowest BCUT2D eigenvalue weighted by Gasteiger charge is -2.31. The summed E-state index contributed by atoms with van der Waals surface area (Å²) in [6.07, 6.45) is 11.3. The summed E-state index contributed by atoms with van der Waals surface area (Å²) in [7, 11) is 1.32. The topological polar surface area (TPSA) is 63.7 Å². The van der Waals surface area contributed by atoms with Crippen LogP contribution >= 0.6 is 11.8 Å². The summed E-state index contributed by atoms with van der Waals surface area (Å²) in [4.78, 5) is 39.3. The van der Waals surface area contributed by atoms with Crippen LogP contribution < -0.4 is 4.90 Å². The number of amides is 1. The van der Waals surface area contributed by atoms with E-state index in [0.717, 1.165) is 47.0 Å². The molecule has 0 fully saturated rings. The first-order valence-electron chi connectivity index (χ1n) is 12.4. The van der Waals surface area contributed by atoms with E-state index >= 15 is 0 Å². The summed E-state index contributed by atoms with van der Waals surface area (Å²) in [6, 6.07) is 3.18. The van der Waals surface area contributed by atoms with Gasteiger partial charge in [0.15, 0.2) is 5.12 Å². The second-order valence-corrected chi connectivity index (χ2v) is 9.91. The molecule has 0 heterocycles. The predicted molar refractivity (Wildman–Crippen MR) is 139 cm³/mol. The Morgan fingerprint density at radius 1 is 0.909 bits per heavy atom. The van der Waals surface area contributed by atoms with Gasteiger partial charge in [0.2, 0.25) is 5.91 Å². The molecule has 1 amide bonds. The predicted octanol–water partition coefficient (Wildman–Crippen LogP) is 6.69. The first-order chi connectivity index (χ1) is 15.7. The van der Waals surface area contributed by atoms with E-state index in [4.69, 9.17) is 4.74 Å². The standard InChI is InChI=1S/C27H43NO4S/c1-7-8-9-10-11-12-13-14-15-16-25(30)33-19-24(29)28(23(5)27(31)32-6)26-21(3)18-17-20(2)22(26)4/h17-18,23H,7-16,19H2,1-6H3/t23-/m0/s1. The molecule has 0 saturated heterocycles. The maximum Gasteiger partial charge on any atom is 0.328 e. The van der Waals surface area contributed by atoms with Crippen molar-refractivity contribution in [1.82, 2.24) is 0 Å². The number of rotatable bonds is 15. The van der Waals surface area contributed by atoms with Crippen LogP contribution in [-0.4, -0.2) is 35.9 Å². The number of hydrogen-bond acceptors (Lipinski definition) is 5. The van der Waals surface area contributed by atoms with Crippen LogP contribution in [0.4, 0.5) is 5.69 Å². The minimum atomic E-state index is -0.769. The Balaban J connectivity index is 2.61. The van der Waals surface area contributed by atoms with Crippen molar-refractivity contribution < 1.29 is 19.1 Å². The van der Waals surface area contributed by atoms with Crippen molar-refractivity contribution in [2.24, 2.45) is 0 Å². The molecule has 0 radical (unpaired) electrons. The molecule has 0 unspecified atom stereocenters. The van der Waals surface area contributed by atoms with Crippen molar-refractivity contribution in [2.75, 3.05) is 17.8 Å². The first-order valence-corrected chi connectivity index (χ1v) is 13.3. The number of carbonyl (C=O) groups is 3. The van der Waals surface area contributed by atoms with Crippen LogP contribution in [0.3, 0.4) is 0 Å². The van der Waals surface area contributed by atoms with Gasteiger partial charge in [-0.2, -0.15) is 0 Å². The van der Waals surface area contributed by atoms with E-state index in [1.54, 1.807) is 6.92 Å². The second kappa shape index (κ2) is 15.9. The van der Waals surface area contributed by atoms with E-state index in [9.17, 15) is 14.4 Å². The van der Waals surface area contributed by atoms with Gasteiger partial charge in [-0.05, 0) is 50.8 Å². The highest BCUT2D eigenvalue weighted by molar-refractivity contribution is 8.14. The largest absolute Gasteiger partial charge is 0.467 e. The molecule has 1 aromatic rings. The molecule has 0 aliphatic rings. The monoisotopic (exact) mass is 477 g/mol. The molecular weight excluding hydrogens is 434 g/mol. The van der Waals surface area contributed by atoms with Gasteiger partial charge >= 0.3 is 5.97 Å². The molecule has 5 nitrogen and oxygen atoms in total. The molecule has 0 saturated carbocycles. The van der Waals surface area contributed by atoms with Crippen LogP contribution in [0.5, 0.6) is 0 Å². The Bertz CT molecular complexity index is 778. The summed E-state index contributed by atoms with van der Waals surface area (Å²) in [6.45, 7) is 9.75. The number of nitrogens with zero attached hydrogens (tertiary/aromatic N) is 1. The maximum absolute atomic E-state index is 13.2. The van der Waals surface area contributed by atoms with Gasteiger partial charge in [-0.1, -0.05) is 82.2 Å². The minimum Gasteiger partial charge on any atom is -0.467 e. The minimum absolute atomic E-state index is 0.0183. The third-order valence-electron chi connectivity index (χ3n) is 6.18. The zero-order valence-electron chi connectivity index (χ0n) is 21.5. The summed E-state index contributed by atoms with van der Waals surface area (Å²) < 4.78 is 4.91. The van der Waals surface area contributed by atoms with Crippen molar-refractivity contribution in [3.63, 3.8) is 0 Å². The Morgan fingerprint density at radius 3 is 2.03 bits per heavy atom. The van der Waals surface area contributed by atoms with Crippen LogP contribution in [0.2, 0.25) is 0 Å². The number of hydrogen-bond donors (Lipinski definition) is 0. The third kappa shape index (κ3) is 9.91. The van der Waals surface area contributed by atoms with E-state index in [-0.39, 0.29) is 16.8 Å². The molecule has 0 aliphatic carbocycles. The van der Waals surface area contributed by atoms with Crippen molar-refractivity contribution in [3.8, 4) is 0 Å². The second-order valence-electron chi connectivity index (χ2n) is 8.87. The van der Waals surface area contributed by atoms with Gasteiger partial charge in [0.1, 0.15) is 6.04 Å². The molecule has 1 rings (SSSR count). The molecule has 0 bridgehead atoms. The van der Waals surface area contributed by atoms with Gasteiger partial charge in [-0.15, -0.1) is 0 Å². The quantitative estimate of drug-likeness (QED) is 0.208. The van der Waals surface area contributed by atoms with Gasteiger partial charge in [0.25, 0.3) is 0 Å². The highest BCUT2D eigenvalue weighted by Gasteiger charge is 2.30. The maximum atomic E-state index is 13.2. The highest BCUT2D eigenvalue weighted by Crippen LogP contribution is 2.30. The fourth-order valence-electron chi connectivity index (χ4n) is 3.98. The average Bonchev–Trinajstić information content (AvgIpc) is 2.80. The number of carbonyl (C=O) groups excluding carboxylic acids is 3. The number of esters is 1. The summed E-state index contributed by atoms with van der Waals surface area (Å²) in [5.74, 6) is -0.713. The fourth-order valence-corrected chi connectivity index (χ4v) is 4.69. The van der Waals surface area contributed by atoms with E-state index < -0.39 is 12.0 Å². The Hall–Kier alpha value is -1.82. The van der Waals surface area contributed by atoms with Crippen LogP contribution in [0.1, 0.15) is 94.7 Å². The van der Waals surface area contributed by atoms with Crippen LogP contribution in [0.15, 0.2) is 12.1 Å². The lowest BCUT2D eigenvalue weighted by molar-refractivity contribution is -0.142. The molecule has 6 heteroatoms. The fraction of sp³-hybridized carbons (Fsp3) is 0.667. The molecule has 0 N–H and O–H groups in total. The van der Waals surface area contributed by atoms with Crippen LogP contribution in [0.25, 0.3) is 0 Å². The molecule has 186 valence electrons. The van der Waals surface area contributed by atoms with E-state index in [1.165, 1.54) is 57.0 Å². The van der Waals surface area contributed by atoms with Gasteiger partial charge in [-0.3, -0.25) is 14.5 Å². The summed E-state index contributed by atoms with van der Waals surface area (Å²) in [5, 5.41) is 0.0367. The van der Waals surface area contributed by atoms with Gasteiger partial charge < -0.3 is 4.74 Å². The van der Waals surface area contributed by atoms with E-state index in [1.807, 2.05) is 32.9 Å². The number of ether oxygens (including phenoxy) is 1.